The molecule has 1 aromatic carbocycles. The van der Waals surface area contributed by atoms with Gasteiger partial charge in [-0.2, -0.15) is 0 Å². The van der Waals surface area contributed by atoms with E-state index in [0.717, 1.165) is 42.1 Å². The number of halogens is 2. The van der Waals surface area contributed by atoms with Crippen LogP contribution in [-0.4, -0.2) is 19.0 Å². The summed E-state index contributed by atoms with van der Waals surface area (Å²) < 4.78 is 6.34. The van der Waals surface area contributed by atoms with Gasteiger partial charge in [-0.25, -0.2) is 0 Å². The SMILES string of the molecule is COc1ccc(Br)c(CNCC2CC(Cl)C2)c1. The van der Waals surface area contributed by atoms with Gasteiger partial charge in [0, 0.05) is 16.4 Å². The van der Waals surface area contributed by atoms with Gasteiger partial charge < -0.3 is 10.1 Å². The summed E-state index contributed by atoms with van der Waals surface area (Å²) in [5.41, 5.74) is 1.23. The predicted molar refractivity (Wildman–Crippen MR) is 74.8 cm³/mol. The normalized spacial score (nSPS) is 23.2. The second-order valence-electron chi connectivity index (χ2n) is 4.52. The number of hydrogen-bond donors (Lipinski definition) is 1. The van der Waals surface area contributed by atoms with Crippen LogP contribution in [0.3, 0.4) is 0 Å². The molecule has 0 atom stereocenters. The van der Waals surface area contributed by atoms with Gasteiger partial charge in [0.1, 0.15) is 5.75 Å². The summed E-state index contributed by atoms with van der Waals surface area (Å²) in [6.45, 7) is 1.91. The van der Waals surface area contributed by atoms with Crippen LogP contribution in [0.5, 0.6) is 5.75 Å². The number of nitrogens with one attached hydrogen (secondary N) is 1. The third kappa shape index (κ3) is 3.60. The van der Waals surface area contributed by atoms with E-state index in [1.54, 1.807) is 7.11 Å². The van der Waals surface area contributed by atoms with Crippen LogP contribution in [0.15, 0.2) is 22.7 Å². The van der Waals surface area contributed by atoms with E-state index >= 15 is 0 Å². The van der Waals surface area contributed by atoms with Crippen molar-refractivity contribution in [2.75, 3.05) is 13.7 Å². The number of rotatable bonds is 5. The summed E-state index contributed by atoms with van der Waals surface area (Å²) in [6, 6.07) is 6.04. The van der Waals surface area contributed by atoms with Crippen molar-refractivity contribution in [3.63, 3.8) is 0 Å². The Hall–Kier alpha value is -0.250. The number of hydrogen-bond acceptors (Lipinski definition) is 2. The smallest absolute Gasteiger partial charge is 0.119 e. The minimum atomic E-state index is 0.408. The van der Waals surface area contributed by atoms with Gasteiger partial charge >= 0.3 is 0 Å². The van der Waals surface area contributed by atoms with Gasteiger partial charge in [0.25, 0.3) is 0 Å². The largest absolute Gasteiger partial charge is 0.497 e. The Morgan fingerprint density at radius 3 is 2.88 bits per heavy atom. The zero-order chi connectivity index (χ0) is 12.3. The highest BCUT2D eigenvalue weighted by atomic mass is 79.9. The Bertz CT molecular complexity index is 380. The van der Waals surface area contributed by atoms with Crippen molar-refractivity contribution in [3.05, 3.63) is 28.2 Å². The van der Waals surface area contributed by atoms with Crippen molar-refractivity contribution in [3.8, 4) is 5.75 Å². The van der Waals surface area contributed by atoms with Crippen LogP contribution in [0.2, 0.25) is 0 Å². The summed E-state index contributed by atoms with van der Waals surface area (Å²) in [5, 5.41) is 3.88. The number of alkyl halides is 1. The third-order valence-electron chi connectivity index (χ3n) is 3.18. The molecule has 0 aromatic heterocycles. The molecule has 17 heavy (non-hydrogen) atoms. The molecular weight excluding hydrogens is 302 g/mol. The first-order valence-electron chi connectivity index (χ1n) is 5.86. The molecule has 1 aliphatic rings. The quantitative estimate of drug-likeness (QED) is 0.838. The van der Waals surface area contributed by atoms with Crippen molar-refractivity contribution < 1.29 is 4.74 Å². The molecule has 1 aromatic rings. The summed E-state index contributed by atoms with van der Waals surface area (Å²) >= 11 is 9.50. The molecule has 0 heterocycles. The third-order valence-corrected chi connectivity index (χ3v) is 4.31. The second kappa shape index (κ2) is 6.07. The summed E-state index contributed by atoms with van der Waals surface area (Å²) in [6.07, 6.45) is 2.29. The predicted octanol–water partition coefficient (Wildman–Crippen LogP) is 3.56. The van der Waals surface area contributed by atoms with E-state index in [1.807, 2.05) is 12.1 Å². The Morgan fingerprint density at radius 1 is 1.47 bits per heavy atom. The van der Waals surface area contributed by atoms with Crippen molar-refractivity contribution in [1.29, 1.82) is 0 Å². The zero-order valence-electron chi connectivity index (χ0n) is 9.88. The molecule has 0 unspecified atom stereocenters. The molecular formula is C13H17BrClNO. The average Bonchev–Trinajstić information content (AvgIpc) is 2.29. The summed E-state index contributed by atoms with van der Waals surface area (Å²) in [4.78, 5) is 0. The molecule has 0 radical (unpaired) electrons. The van der Waals surface area contributed by atoms with Crippen LogP contribution in [0.1, 0.15) is 18.4 Å². The molecule has 0 aliphatic heterocycles. The van der Waals surface area contributed by atoms with E-state index in [1.165, 1.54) is 5.56 Å². The Morgan fingerprint density at radius 2 is 2.24 bits per heavy atom. The Balaban J connectivity index is 1.81. The van der Waals surface area contributed by atoms with E-state index < -0.39 is 0 Å². The average molecular weight is 319 g/mol. The first-order chi connectivity index (χ1) is 8.19. The van der Waals surface area contributed by atoms with Crippen LogP contribution in [-0.2, 0) is 6.54 Å². The molecule has 0 spiro atoms. The van der Waals surface area contributed by atoms with E-state index in [0.29, 0.717) is 5.38 Å². The van der Waals surface area contributed by atoms with Gasteiger partial charge in [0.2, 0.25) is 0 Å². The maximum Gasteiger partial charge on any atom is 0.119 e. The Kier molecular flexibility index (Phi) is 4.71. The fourth-order valence-corrected chi connectivity index (χ4v) is 2.94. The maximum atomic E-state index is 5.95. The molecule has 94 valence electrons. The van der Waals surface area contributed by atoms with Crippen LogP contribution in [0, 0.1) is 5.92 Å². The first kappa shape index (κ1) is 13.2. The maximum absolute atomic E-state index is 5.95. The number of ether oxygens (including phenoxy) is 1. The monoisotopic (exact) mass is 317 g/mol. The first-order valence-corrected chi connectivity index (χ1v) is 7.09. The molecule has 1 N–H and O–H groups in total. The van der Waals surface area contributed by atoms with Crippen LogP contribution in [0.4, 0.5) is 0 Å². The zero-order valence-corrected chi connectivity index (χ0v) is 12.2. The van der Waals surface area contributed by atoms with Crippen molar-refractivity contribution >= 4 is 27.5 Å². The second-order valence-corrected chi connectivity index (χ2v) is 5.99. The lowest BCUT2D eigenvalue weighted by Gasteiger charge is -2.31. The molecule has 1 saturated carbocycles. The molecule has 0 bridgehead atoms. The molecule has 1 aliphatic carbocycles. The van der Waals surface area contributed by atoms with Crippen molar-refractivity contribution in [2.45, 2.75) is 24.8 Å². The van der Waals surface area contributed by atoms with Crippen molar-refractivity contribution in [2.24, 2.45) is 5.92 Å². The van der Waals surface area contributed by atoms with Crippen LogP contribution >= 0.6 is 27.5 Å². The van der Waals surface area contributed by atoms with Crippen LogP contribution < -0.4 is 10.1 Å². The summed E-state index contributed by atoms with van der Waals surface area (Å²) in [7, 11) is 1.69. The van der Waals surface area contributed by atoms with Gasteiger partial charge in [-0.3, -0.25) is 0 Å². The van der Waals surface area contributed by atoms with Gasteiger partial charge in [-0.1, -0.05) is 15.9 Å². The summed E-state index contributed by atoms with van der Waals surface area (Å²) in [5.74, 6) is 1.65. The van der Waals surface area contributed by atoms with Gasteiger partial charge in [0.05, 0.1) is 7.11 Å². The van der Waals surface area contributed by atoms with E-state index in [9.17, 15) is 0 Å². The van der Waals surface area contributed by atoms with Gasteiger partial charge in [0.15, 0.2) is 0 Å². The highest BCUT2D eigenvalue weighted by Gasteiger charge is 2.26. The fraction of sp³-hybridized carbons (Fsp3) is 0.538. The minimum Gasteiger partial charge on any atom is -0.497 e. The number of benzene rings is 1. The lowest BCUT2D eigenvalue weighted by molar-refractivity contribution is 0.308. The molecule has 1 fully saturated rings. The van der Waals surface area contributed by atoms with Crippen LogP contribution in [0.25, 0.3) is 0 Å². The fourth-order valence-electron chi connectivity index (χ4n) is 2.05. The standard InChI is InChI=1S/C13H17BrClNO/c1-17-12-2-3-13(14)10(6-12)8-16-7-9-4-11(15)5-9/h2-3,6,9,11,16H,4-5,7-8H2,1H3. The molecule has 4 heteroatoms. The minimum absolute atomic E-state index is 0.408. The molecule has 2 nitrogen and oxygen atoms in total. The van der Waals surface area contributed by atoms with E-state index in [4.69, 9.17) is 16.3 Å². The molecule has 0 amide bonds. The Labute approximate surface area is 116 Å². The van der Waals surface area contributed by atoms with Gasteiger partial charge in [-0.15, -0.1) is 11.6 Å². The number of methoxy groups -OCH3 is 1. The van der Waals surface area contributed by atoms with E-state index in [-0.39, 0.29) is 0 Å². The molecule has 2 rings (SSSR count). The van der Waals surface area contributed by atoms with E-state index in [2.05, 4.69) is 27.3 Å². The topological polar surface area (TPSA) is 21.3 Å². The highest BCUT2D eigenvalue weighted by molar-refractivity contribution is 9.10. The van der Waals surface area contributed by atoms with Crippen molar-refractivity contribution in [1.82, 2.24) is 5.32 Å². The lowest BCUT2D eigenvalue weighted by Crippen LogP contribution is -2.33. The van der Waals surface area contributed by atoms with Gasteiger partial charge in [-0.05, 0) is 49.1 Å². The highest BCUT2D eigenvalue weighted by Crippen LogP contribution is 2.31. The lowest BCUT2D eigenvalue weighted by atomic mass is 9.85. The molecule has 0 saturated heterocycles.